The molecular weight excluding hydrogens is 240 g/mol. The van der Waals surface area contributed by atoms with Crippen molar-refractivity contribution in [1.29, 1.82) is 0 Å². The third kappa shape index (κ3) is 1.43. The molecule has 0 bridgehead atoms. The van der Waals surface area contributed by atoms with Crippen LogP contribution in [0.5, 0.6) is 0 Å². The van der Waals surface area contributed by atoms with Gasteiger partial charge in [0.25, 0.3) is 4.06 Å². The molecule has 0 aromatic carbocycles. The van der Waals surface area contributed by atoms with E-state index in [1.54, 1.807) is 11.3 Å². The maximum Gasteiger partial charge on any atom is 0.289 e. The number of fused-ring (bicyclic) bond motifs is 1. The molecule has 74 valence electrons. The van der Waals surface area contributed by atoms with Gasteiger partial charge in [-0.3, -0.25) is 4.79 Å². The first kappa shape index (κ1) is 8.99. The van der Waals surface area contributed by atoms with Gasteiger partial charge in [0, 0.05) is 0 Å². The molecule has 1 saturated heterocycles. The maximum absolute atomic E-state index is 11.1. The first-order valence-electron chi connectivity index (χ1n) is 4.09. The monoisotopic (exact) mass is 246 g/mol. The van der Waals surface area contributed by atoms with Gasteiger partial charge in [0.2, 0.25) is 0 Å². The van der Waals surface area contributed by atoms with Crippen molar-refractivity contribution in [3.63, 3.8) is 0 Å². The van der Waals surface area contributed by atoms with E-state index in [-0.39, 0.29) is 10.3 Å². The SMILES string of the molecule is O=c1sc2cc(C3OCCO3)sc2s1. The molecule has 0 aliphatic carbocycles. The van der Waals surface area contributed by atoms with Gasteiger partial charge in [0.1, 0.15) is 4.01 Å². The summed E-state index contributed by atoms with van der Waals surface area (Å²) >= 11 is 4.19. The largest absolute Gasteiger partial charge is 0.345 e. The highest BCUT2D eigenvalue weighted by Crippen LogP contribution is 2.36. The molecule has 3 rings (SSSR count). The minimum atomic E-state index is -0.207. The molecule has 0 N–H and O–H groups in total. The minimum absolute atomic E-state index is 0.158. The van der Waals surface area contributed by atoms with E-state index < -0.39 is 0 Å². The molecule has 1 fully saturated rings. The average Bonchev–Trinajstić information content (AvgIpc) is 2.74. The molecule has 3 heterocycles. The summed E-state index contributed by atoms with van der Waals surface area (Å²) in [6, 6.07) is 2.00. The highest BCUT2D eigenvalue weighted by atomic mass is 32.2. The zero-order chi connectivity index (χ0) is 9.54. The van der Waals surface area contributed by atoms with Gasteiger partial charge in [-0.1, -0.05) is 22.7 Å². The second-order valence-electron chi connectivity index (χ2n) is 2.83. The molecule has 0 atom stereocenters. The van der Waals surface area contributed by atoms with Crippen molar-refractivity contribution in [2.24, 2.45) is 0 Å². The van der Waals surface area contributed by atoms with Gasteiger partial charge >= 0.3 is 0 Å². The molecule has 0 saturated carbocycles. The van der Waals surface area contributed by atoms with E-state index in [9.17, 15) is 4.79 Å². The number of rotatable bonds is 1. The lowest BCUT2D eigenvalue weighted by Crippen LogP contribution is -1.93. The lowest BCUT2D eigenvalue weighted by Gasteiger charge is -2.03. The van der Waals surface area contributed by atoms with Crippen molar-refractivity contribution in [2.45, 2.75) is 6.29 Å². The summed E-state index contributed by atoms with van der Waals surface area (Å²) in [5.41, 5.74) is 0. The Labute approximate surface area is 91.5 Å². The third-order valence-corrected chi connectivity index (χ3v) is 5.40. The Morgan fingerprint density at radius 3 is 2.71 bits per heavy atom. The predicted molar refractivity (Wildman–Crippen MR) is 58.5 cm³/mol. The van der Waals surface area contributed by atoms with Gasteiger partial charge in [-0.2, -0.15) is 0 Å². The Morgan fingerprint density at radius 2 is 2.00 bits per heavy atom. The van der Waals surface area contributed by atoms with Crippen LogP contribution < -0.4 is 4.06 Å². The van der Waals surface area contributed by atoms with Crippen LogP contribution in [0.15, 0.2) is 10.9 Å². The normalized spacial score (nSPS) is 18.3. The fourth-order valence-corrected chi connectivity index (χ4v) is 4.99. The molecular formula is C8H6O3S3. The molecule has 1 aliphatic heterocycles. The highest BCUT2D eigenvalue weighted by Gasteiger charge is 2.21. The van der Waals surface area contributed by atoms with Gasteiger partial charge in [0.15, 0.2) is 6.29 Å². The van der Waals surface area contributed by atoms with Crippen molar-refractivity contribution < 1.29 is 9.47 Å². The molecule has 1 aliphatic rings. The molecule has 0 spiro atoms. The maximum atomic E-state index is 11.1. The van der Waals surface area contributed by atoms with Crippen molar-refractivity contribution >= 4 is 42.7 Å². The lowest BCUT2D eigenvalue weighted by molar-refractivity contribution is -0.0412. The Bertz CT molecular complexity index is 469. The van der Waals surface area contributed by atoms with Gasteiger partial charge in [-0.05, 0) is 6.07 Å². The van der Waals surface area contributed by atoms with Crippen LogP contribution in [0.2, 0.25) is 0 Å². The van der Waals surface area contributed by atoms with E-state index >= 15 is 0 Å². The number of hydrogen-bond acceptors (Lipinski definition) is 6. The molecule has 2 aromatic rings. The van der Waals surface area contributed by atoms with E-state index in [4.69, 9.17) is 9.47 Å². The summed E-state index contributed by atoms with van der Waals surface area (Å²) in [5.74, 6) is 0. The van der Waals surface area contributed by atoms with Crippen LogP contribution in [0.3, 0.4) is 0 Å². The van der Waals surface area contributed by atoms with Crippen LogP contribution in [0.1, 0.15) is 11.2 Å². The minimum Gasteiger partial charge on any atom is -0.345 e. The highest BCUT2D eigenvalue weighted by molar-refractivity contribution is 7.46. The molecule has 2 aromatic heterocycles. The van der Waals surface area contributed by atoms with E-state index in [2.05, 4.69) is 0 Å². The second-order valence-corrected chi connectivity index (χ2v) is 6.43. The Morgan fingerprint density at radius 1 is 1.21 bits per heavy atom. The smallest absolute Gasteiger partial charge is 0.289 e. The van der Waals surface area contributed by atoms with Crippen LogP contribution in [0, 0.1) is 0 Å². The average molecular weight is 246 g/mol. The molecule has 3 nitrogen and oxygen atoms in total. The topological polar surface area (TPSA) is 35.5 Å². The third-order valence-electron chi connectivity index (χ3n) is 1.91. The Kier molecular flexibility index (Phi) is 2.18. The van der Waals surface area contributed by atoms with Gasteiger partial charge in [0.05, 0.1) is 22.8 Å². The van der Waals surface area contributed by atoms with Crippen LogP contribution in [0.25, 0.3) is 8.71 Å². The molecule has 0 amide bonds. The summed E-state index contributed by atoms with van der Waals surface area (Å²) in [6.45, 7) is 1.32. The molecule has 0 radical (unpaired) electrons. The zero-order valence-corrected chi connectivity index (χ0v) is 9.47. The predicted octanol–water partition coefficient (Wildman–Crippen LogP) is 2.43. The van der Waals surface area contributed by atoms with Crippen LogP contribution in [0.4, 0.5) is 0 Å². The summed E-state index contributed by atoms with van der Waals surface area (Å²) in [6.07, 6.45) is -0.207. The zero-order valence-electron chi connectivity index (χ0n) is 7.02. The molecule has 0 unspecified atom stereocenters. The first-order valence-corrected chi connectivity index (χ1v) is 6.54. The number of ether oxygens (including phenoxy) is 2. The van der Waals surface area contributed by atoms with E-state index in [0.717, 1.165) is 13.6 Å². The Balaban J connectivity index is 2.05. The van der Waals surface area contributed by atoms with Gasteiger partial charge < -0.3 is 9.47 Å². The van der Waals surface area contributed by atoms with Gasteiger partial charge in [-0.25, -0.2) is 0 Å². The van der Waals surface area contributed by atoms with Crippen LogP contribution in [-0.2, 0) is 9.47 Å². The Hall–Kier alpha value is -0.270. The lowest BCUT2D eigenvalue weighted by atomic mass is 10.4. The molecule has 14 heavy (non-hydrogen) atoms. The fraction of sp³-hybridized carbons (Fsp3) is 0.375. The summed E-state index contributed by atoms with van der Waals surface area (Å²) in [5, 5.41) is 0. The van der Waals surface area contributed by atoms with E-state index in [1.165, 1.54) is 22.7 Å². The van der Waals surface area contributed by atoms with Crippen molar-refractivity contribution in [1.82, 2.24) is 0 Å². The van der Waals surface area contributed by atoms with Gasteiger partial charge in [-0.15, -0.1) is 11.3 Å². The van der Waals surface area contributed by atoms with Crippen molar-refractivity contribution in [2.75, 3.05) is 13.2 Å². The van der Waals surface area contributed by atoms with Crippen molar-refractivity contribution in [3.05, 3.63) is 19.8 Å². The van der Waals surface area contributed by atoms with Crippen LogP contribution >= 0.6 is 34.0 Å². The van der Waals surface area contributed by atoms with E-state index in [0.29, 0.717) is 13.2 Å². The summed E-state index contributed by atoms with van der Waals surface area (Å²) < 4.78 is 13.1. The summed E-state index contributed by atoms with van der Waals surface area (Å²) in [4.78, 5) is 12.1. The second kappa shape index (κ2) is 3.39. The first-order chi connectivity index (χ1) is 6.83. The van der Waals surface area contributed by atoms with Crippen molar-refractivity contribution in [3.8, 4) is 0 Å². The fourth-order valence-electron chi connectivity index (χ4n) is 1.34. The van der Waals surface area contributed by atoms with Crippen LogP contribution in [-0.4, -0.2) is 13.2 Å². The molecule has 6 heteroatoms. The standard InChI is InChI=1S/C8H6O3S3/c9-8-13-5-3-4(12-7(5)14-8)6-10-1-2-11-6/h3,6H,1-2H2. The quantitative estimate of drug-likeness (QED) is 0.775. The summed E-state index contributed by atoms with van der Waals surface area (Å²) in [7, 11) is 0. The number of hydrogen-bond donors (Lipinski definition) is 0. The van der Waals surface area contributed by atoms with E-state index in [1.807, 2.05) is 6.07 Å². The number of thiophene rings is 1.